The third-order valence-corrected chi connectivity index (χ3v) is 6.11. The number of methoxy groups -OCH3 is 1. The van der Waals surface area contributed by atoms with Crippen LogP contribution in [0, 0.1) is 11.3 Å². The van der Waals surface area contributed by atoms with Crippen LogP contribution in [0.2, 0.25) is 0 Å². The highest BCUT2D eigenvalue weighted by atomic mass is 79.9. The van der Waals surface area contributed by atoms with Crippen molar-refractivity contribution >= 4 is 34.0 Å². The van der Waals surface area contributed by atoms with E-state index in [2.05, 4.69) is 37.8 Å². The predicted octanol–water partition coefficient (Wildman–Crippen LogP) is 4.50. The maximum Gasteiger partial charge on any atom is 0.262 e. The van der Waals surface area contributed by atoms with Gasteiger partial charge in [-0.25, -0.2) is 5.43 Å². The molecule has 3 aromatic carbocycles. The lowest BCUT2D eigenvalue weighted by Crippen LogP contribution is -2.43. The number of carbonyl (C=O) groups excluding carboxylic acids is 2. The van der Waals surface area contributed by atoms with Gasteiger partial charge in [0.25, 0.3) is 5.91 Å². The van der Waals surface area contributed by atoms with Crippen molar-refractivity contribution in [2.24, 2.45) is 5.10 Å². The largest absolute Gasteiger partial charge is 0.497 e. The molecule has 3 rings (SSSR count). The molecule has 2 N–H and O–H groups in total. The van der Waals surface area contributed by atoms with Crippen LogP contribution < -0.4 is 25.0 Å². The molecule has 0 saturated heterocycles. The molecule has 0 radical (unpaired) electrons. The third kappa shape index (κ3) is 8.58. The number of benzene rings is 3. The van der Waals surface area contributed by atoms with Gasteiger partial charge in [0.05, 0.1) is 42.5 Å². The molecule has 0 fully saturated rings. The van der Waals surface area contributed by atoms with Crippen LogP contribution in [-0.2, 0) is 22.6 Å². The maximum absolute atomic E-state index is 12.4. The van der Waals surface area contributed by atoms with Crippen LogP contribution in [0.5, 0.6) is 17.2 Å². The minimum absolute atomic E-state index is 0.135. The van der Waals surface area contributed by atoms with Gasteiger partial charge in [-0.15, -0.1) is 0 Å². The van der Waals surface area contributed by atoms with Gasteiger partial charge in [-0.3, -0.25) is 9.59 Å². The van der Waals surface area contributed by atoms with Crippen LogP contribution in [0.3, 0.4) is 0 Å². The summed E-state index contributed by atoms with van der Waals surface area (Å²) in [5, 5.41) is 16.0. The van der Waals surface area contributed by atoms with E-state index in [1.807, 2.05) is 19.1 Å². The molecule has 0 aromatic heterocycles. The molecular formula is C29H29BrN4O5. The van der Waals surface area contributed by atoms with Gasteiger partial charge >= 0.3 is 0 Å². The van der Waals surface area contributed by atoms with Gasteiger partial charge in [-0.05, 0) is 71.2 Å². The second-order valence-corrected chi connectivity index (χ2v) is 9.22. The van der Waals surface area contributed by atoms with E-state index in [1.165, 1.54) is 6.21 Å². The SMILES string of the molecule is CCOc1cc(C=NNC(=O)C(C)NC(=O)Cc2ccc(OC)cc2)cc(Br)c1OCc1ccccc1C#N. The van der Waals surface area contributed by atoms with Gasteiger partial charge in [-0.1, -0.05) is 30.3 Å². The second-order valence-electron chi connectivity index (χ2n) is 8.37. The molecular weight excluding hydrogens is 564 g/mol. The molecule has 0 saturated carbocycles. The molecule has 9 nitrogen and oxygen atoms in total. The zero-order valence-corrected chi connectivity index (χ0v) is 23.4. The Balaban J connectivity index is 1.59. The van der Waals surface area contributed by atoms with Crippen molar-refractivity contribution in [2.75, 3.05) is 13.7 Å². The topological polar surface area (TPSA) is 122 Å². The van der Waals surface area contributed by atoms with Gasteiger partial charge in [0.15, 0.2) is 11.5 Å². The van der Waals surface area contributed by atoms with Crippen molar-refractivity contribution in [3.8, 4) is 23.3 Å². The number of ether oxygens (including phenoxy) is 3. The number of hydrogen-bond donors (Lipinski definition) is 2. The molecule has 39 heavy (non-hydrogen) atoms. The molecule has 10 heteroatoms. The molecule has 0 spiro atoms. The van der Waals surface area contributed by atoms with Gasteiger partial charge in [0.2, 0.25) is 5.91 Å². The van der Waals surface area contributed by atoms with E-state index in [0.717, 1.165) is 11.1 Å². The minimum Gasteiger partial charge on any atom is -0.497 e. The van der Waals surface area contributed by atoms with Crippen molar-refractivity contribution in [3.05, 3.63) is 87.4 Å². The number of nitrogens with zero attached hydrogens (tertiary/aromatic N) is 2. The molecule has 0 aliphatic carbocycles. The Hall–Kier alpha value is -4.36. The Morgan fingerprint density at radius 3 is 2.56 bits per heavy atom. The normalized spacial score (nSPS) is 11.4. The Morgan fingerprint density at radius 1 is 1.13 bits per heavy atom. The van der Waals surface area contributed by atoms with Crippen LogP contribution in [-0.4, -0.2) is 37.8 Å². The van der Waals surface area contributed by atoms with Crippen molar-refractivity contribution in [1.29, 1.82) is 5.26 Å². The summed E-state index contributed by atoms with van der Waals surface area (Å²) in [6, 6.07) is 19.2. The fraction of sp³-hybridized carbons (Fsp3) is 0.241. The number of carbonyl (C=O) groups is 2. The summed E-state index contributed by atoms with van der Waals surface area (Å²) in [5.74, 6) is 0.917. The lowest BCUT2D eigenvalue weighted by Gasteiger charge is -2.15. The molecule has 0 bridgehead atoms. The van der Waals surface area contributed by atoms with Crippen molar-refractivity contribution in [2.45, 2.75) is 32.9 Å². The predicted molar refractivity (Wildman–Crippen MR) is 151 cm³/mol. The van der Waals surface area contributed by atoms with E-state index in [9.17, 15) is 14.9 Å². The summed E-state index contributed by atoms with van der Waals surface area (Å²) in [5.41, 5.74) is 5.18. The highest BCUT2D eigenvalue weighted by Crippen LogP contribution is 2.37. The first-order valence-electron chi connectivity index (χ1n) is 12.2. The lowest BCUT2D eigenvalue weighted by atomic mass is 10.1. The summed E-state index contributed by atoms with van der Waals surface area (Å²) < 4.78 is 17.5. The van der Waals surface area contributed by atoms with Crippen molar-refractivity contribution < 1.29 is 23.8 Å². The molecule has 1 atom stereocenters. The van der Waals surface area contributed by atoms with E-state index in [4.69, 9.17) is 14.2 Å². The fourth-order valence-electron chi connectivity index (χ4n) is 3.52. The zero-order chi connectivity index (χ0) is 28.2. The maximum atomic E-state index is 12.4. The number of rotatable bonds is 12. The van der Waals surface area contributed by atoms with Crippen LogP contribution >= 0.6 is 15.9 Å². The first kappa shape index (κ1) is 29.2. The number of nitriles is 1. The van der Waals surface area contributed by atoms with Crippen molar-refractivity contribution in [1.82, 2.24) is 10.7 Å². The van der Waals surface area contributed by atoms with E-state index >= 15 is 0 Å². The van der Waals surface area contributed by atoms with E-state index < -0.39 is 11.9 Å². The Labute approximate surface area is 235 Å². The fourth-order valence-corrected chi connectivity index (χ4v) is 4.10. The van der Waals surface area contributed by atoms with Gasteiger partial charge in [-0.2, -0.15) is 10.4 Å². The second kappa shape index (κ2) is 14.5. The average molecular weight is 593 g/mol. The first-order chi connectivity index (χ1) is 18.8. The lowest BCUT2D eigenvalue weighted by molar-refractivity contribution is -0.128. The van der Waals surface area contributed by atoms with E-state index in [-0.39, 0.29) is 18.9 Å². The molecule has 0 aliphatic rings. The van der Waals surface area contributed by atoms with Crippen LogP contribution in [0.4, 0.5) is 0 Å². The summed E-state index contributed by atoms with van der Waals surface area (Å²) in [7, 11) is 1.57. The summed E-state index contributed by atoms with van der Waals surface area (Å²) in [6.45, 7) is 4.03. The van der Waals surface area contributed by atoms with Crippen LogP contribution in [0.15, 0.2) is 70.2 Å². The number of halogens is 1. The van der Waals surface area contributed by atoms with Crippen LogP contribution in [0.25, 0.3) is 0 Å². The van der Waals surface area contributed by atoms with Crippen molar-refractivity contribution in [3.63, 3.8) is 0 Å². The Kier molecular flexibility index (Phi) is 10.9. The molecule has 2 amide bonds. The number of amides is 2. The van der Waals surface area contributed by atoms with E-state index in [0.29, 0.717) is 39.5 Å². The number of nitrogens with one attached hydrogen (secondary N) is 2. The molecule has 1 unspecified atom stereocenters. The number of hydrazone groups is 1. The minimum atomic E-state index is -0.786. The number of hydrogen-bond acceptors (Lipinski definition) is 7. The average Bonchev–Trinajstić information content (AvgIpc) is 2.93. The summed E-state index contributed by atoms with van der Waals surface area (Å²) >= 11 is 3.51. The molecule has 3 aromatic rings. The summed E-state index contributed by atoms with van der Waals surface area (Å²) in [4.78, 5) is 24.8. The molecule has 0 aliphatic heterocycles. The highest BCUT2D eigenvalue weighted by Gasteiger charge is 2.16. The first-order valence-corrected chi connectivity index (χ1v) is 13.0. The molecule has 0 heterocycles. The standard InChI is InChI=1S/C29H29BrN4O5/c1-4-38-26-14-21(13-25(30)28(26)39-18-23-8-6-5-7-22(23)16-31)17-32-34-29(36)19(2)33-27(35)15-20-9-11-24(37-3)12-10-20/h5-14,17,19H,4,15,18H2,1-3H3,(H,33,35)(H,34,36). The van der Waals surface area contributed by atoms with Gasteiger partial charge in [0.1, 0.15) is 18.4 Å². The Morgan fingerprint density at radius 2 is 1.87 bits per heavy atom. The highest BCUT2D eigenvalue weighted by molar-refractivity contribution is 9.10. The van der Waals surface area contributed by atoms with E-state index in [1.54, 1.807) is 62.6 Å². The zero-order valence-electron chi connectivity index (χ0n) is 21.9. The smallest absolute Gasteiger partial charge is 0.262 e. The van der Waals surface area contributed by atoms with Gasteiger partial charge < -0.3 is 19.5 Å². The van der Waals surface area contributed by atoms with Crippen LogP contribution in [0.1, 0.15) is 36.1 Å². The van der Waals surface area contributed by atoms with Gasteiger partial charge in [0, 0.05) is 5.56 Å². The third-order valence-electron chi connectivity index (χ3n) is 5.52. The Bertz CT molecular complexity index is 1370. The monoisotopic (exact) mass is 592 g/mol. The molecule has 202 valence electrons. The summed E-state index contributed by atoms with van der Waals surface area (Å²) in [6.07, 6.45) is 1.60. The quantitative estimate of drug-likeness (QED) is 0.236.